The Balaban J connectivity index is 1.87. The van der Waals surface area contributed by atoms with Gasteiger partial charge in [0.15, 0.2) is 0 Å². The molecule has 0 radical (unpaired) electrons. The summed E-state index contributed by atoms with van der Waals surface area (Å²) in [6, 6.07) is 4.88. The molecule has 11 nitrogen and oxygen atoms in total. The fraction of sp³-hybridized carbons (Fsp3) is 0.389. The monoisotopic (exact) mass is 436 g/mol. The summed E-state index contributed by atoms with van der Waals surface area (Å²) in [7, 11) is 1.48. The van der Waals surface area contributed by atoms with E-state index in [0.29, 0.717) is 49.2 Å². The fourth-order valence-corrected chi connectivity index (χ4v) is 3.25. The number of carbonyl (C=O) groups is 1. The van der Waals surface area contributed by atoms with Crippen LogP contribution in [0.25, 0.3) is 0 Å². The van der Waals surface area contributed by atoms with E-state index in [2.05, 4.69) is 15.3 Å². The topological polar surface area (TPSA) is 123 Å². The normalized spacial score (nSPS) is 13.7. The molecule has 30 heavy (non-hydrogen) atoms. The number of hydrogen-bond acceptors (Lipinski definition) is 9. The molecule has 160 valence electrons. The molecule has 1 saturated heterocycles. The minimum Gasteiger partial charge on any atom is -0.495 e. The van der Waals surface area contributed by atoms with Gasteiger partial charge in [0.2, 0.25) is 11.6 Å². The molecule has 1 aliphatic heterocycles. The van der Waals surface area contributed by atoms with Gasteiger partial charge in [-0.3, -0.25) is 10.1 Å². The molecule has 0 saturated carbocycles. The van der Waals surface area contributed by atoms with Gasteiger partial charge in [0, 0.05) is 31.2 Å². The second-order valence-corrected chi connectivity index (χ2v) is 6.73. The van der Waals surface area contributed by atoms with Gasteiger partial charge >= 0.3 is 11.8 Å². The molecular formula is C18H21ClN6O5. The van der Waals surface area contributed by atoms with Crippen LogP contribution in [0.15, 0.2) is 24.5 Å². The van der Waals surface area contributed by atoms with E-state index in [0.717, 1.165) is 0 Å². The number of halogens is 1. The van der Waals surface area contributed by atoms with Crippen molar-refractivity contribution in [3.05, 3.63) is 39.7 Å². The van der Waals surface area contributed by atoms with Gasteiger partial charge in [-0.1, -0.05) is 11.6 Å². The van der Waals surface area contributed by atoms with Crippen LogP contribution in [0.4, 0.5) is 27.8 Å². The number of hydrogen-bond donors (Lipinski definition) is 1. The van der Waals surface area contributed by atoms with E-state index < -0.39 is 11.0 Å². The number of carbonyl (C=O) groups excluding carboxylic acids is 1. The molecule has 0 aliphatic carbocycles. The molecule has 0 spiro atoms. The number of nitro groups is 1. The molecule has 1 aromatic carbocycles. The number of ether oxygens (including phenoxy) is 2. The average Bonchev–Trinajstić information content (AvgIpc) is 2.74. The number of methoxy groups -OCH3 is 1. The summed E-state index contributed by atoms with van der Waals surface area (Å²) in [5, 5.41) is 15.2. The molecule has 2 heterocycles. The summed E-state index contributed by atoms with van der Waals surface area (Å²) in [6.07, 6.45) is 0.851. The van der Waals surface area contributed by atoms with Crippen molar-refractivity contribution in [1.29, 1.82) is 0 Å². The average molecular weight is 437 g/mol. The molecule has 0 bridgehead atoms. The largest absolute Gasteiger partial charge is 0.495 e. The molecular weight excluding hydrogens is 416 g/mol. The second kappa shape index (κ2) is 9.44. The Morgan fingerprint density at radius 2 is 2.03 bits per heavy atom. The van der Waals surface area contributed by atoms with Gasteiger partial charge in [-0.15, -0.1) is 0 Å². The first-order valence-electron chi connectivity index (χ1n) is 9.21. The predicted octanol–water partition coefficient (Wildman–Crippen LogP) is 3.07. The zero-order valence-corrected chi connectivity index (χ0v) is 17.3. The zero-order chi connectivity index (χ0) is 21.7. The van der Waals surface area contributed by atoms with Crippen molar-refractivity contribution in [2.45, 2.75) is 6.92 Å². The lowest BCUT2D eigenvalue weighted by Gasteiger charge is -2.34. The van der Waals surface area contributed by atoms with Gasteiger partial charge in [0.05, 0.1) is 24.3 Å². The Kier molecular flexibility index (Phi) is 6.72. The van der Waals surface area contributed by atoms with Crippen molar-refractivity contribution in [2.24, 2.45) is 0 Å². The van der Waals surface area contributed by atoms with E-state index in [1.165, 1.54) is 13.4 Å². The summed E-state index contributed by atoms with van der Waals surface area (Å²) in [5.41, 5.74) is 0.161. The minimum atomic E-state index is -0.535. The third-order valence-electron chi connectivity index (χ3n) is 4.51. The summed E-state index contributed by atoms with van der Waals surface area (Å²) in [5.74, 6) is 0.636. The van der Waals surface area contributed by atoms with E-state index in [9.17, 15) is 14.9 Å². The van der Waals surface area contributed by atoms with E-state index >= 15 is 0 Å². The SMILES string of the molecule is CCOC(=O)N1CCN(c2ncnc(Nc3cc(Cl)ccc3OC)c2[N+](=O)[O-])CC1. The summed E-state index contributed by atoms with van der Waals surface area (Å²) >= 11 is 6.04. The Morgan fingerprint density at radius 1 is 1.30 bits per heavy atom. The van der Waals surface area contributed by atoms with Gasteiger partial charge in [-0.05, 0) is 25.1 Å². The first-order valence-corrected chi connectivity index (χ1v) is 9.59. The fourth-order valence-electron chi connectivity index (χ4n) is 3.08. The number of nitrogens with one attached hydrogen (secondary N) is 1. The number of amides is 1. The Bertz CT molecular complexity index is 935. The highest BCUT2D eigenvalue weighted by atomic mass is 35.5. The number of piperazine rings is 1. The number of benzene rings is 1. The van der Waals surface area contributed by atoms with Crippen molar-refractivity contribution in [2.75, 3.05) is 50.1 Å². The molecule has 1 N–H and O–H groups in total. The Labute approximate surface area is 177 Å². The van der Waals surface area contributed by atoms with Crippen LogP contribution in [0.2, 0.25) is 5.02 Å². The third kappa shape index (κ3) is 4.62. The van der Waals surface area contributed by atoms with Crippen LogP contribution < -0.4 is 15.0 Å². The zero-order valence-electron chi connectivity index (χ0n) is 16.5. The first kappa shape index (κ1) is 21.4. The predicted molar refractivity (Wildman–Crippen MR) is 111 cm³/mol. The molecule has 1 amide bonds. The van der Waals surface area contributed by atoms with E-state index in [-0.39, 0.29) is 17.3 Å². The maximum absolute atomic E-state index is 11.9. The summed E-state index contributed by atoms with van der Waals surface area (Å²) in [4.78, 5) is 34.7. The van der Waals surface area contributed by atoms with Crippen LogP contribution in [0, 0.1) is 10.1 Å². The highest BCUT2D eigenvalue weighted by molar-refractivity contribution is 6.31. The number of aromatic nitrogens is 2. The smallest absolute Gasteiger partial charge is 0.409 e. The van der Waals surface area contributed by atoms with Crippen molar-refractivity contribution in [3.8, 4) is 5.75 Å². The summed E-state index contributed by atoms with van der Waals surface area (Å²) < 4.78 is 10.3. The Morgan fingerprint density at radius 3 is 2.67 bits per heavy atom. The molecule has 0 unspecified atom stereocenters. The second-order valence-electron chi connectivity index (χ2n) is 6.29. The molecule has 1 aliphatic rings. The van der Waals surface area contributed by atoms with E-state index in [1.54, 1.807) is 34.9 Å². The van der Waals surface area contributed by atoms with Crippen molar-refractivity contribution in [3.63, 3.8) is 0 Å². The van der Waals surface area contributed by atoms with Crippen LogP contribution in [0.3, 0.4) is 0 Å². The third-order valence-corrected chi connectivity index (χ3v) is 4.74. The molecule has 12 heteroatoms. The molecule has 1 fully saturated rings. The Hall–Kier alpha value is -3.34. The highest BCUT2D eigenvalue weighted by Crippen LogP contribution is 2.37. The lowest BCUT2D eigenvalue weighted by molar-refractivity contribution is -0.383. The standard InChI is InChI=1S/C18H21ClN6O5/c1-3-30-18(26)24-8-6-23(7-9-24)17-15(25(27)28)16(20-11-21-17)22-13-10-12(19)4-5-14(13)29-2/h4-5,10-11H,3,6-9H2,1-2H3,(H,20,21,22). The minimum absolute atomic E-state index is 0.0124. The van der Waals surface area contributed by atoms with Gasteiger partial charge < -0.3 is 24.6 Å². The van der Waals surface area contributed by atoms with Crippen LogP contribution in [0.5, 0.6) is 5.75 Å². The maximum atomic E-state index is 11.9. The van der Waals surface area contributed by atoms with Crippen molar-refractivity contribution < 1.29 is 19.2 Å². The van der Waals surface area contributed by atoms with E-state index in [4.69, 9.17) is 21.1 Å². The first-order chi connectivity index (χ1) is 14.4. The van der Waals surface area contributed by atoms with Gasteiger partial charge in [0.1, 0.15) is 12.1 Å². The highest BCUT2D eigenvalue weighted by Gasteiger charge is 2.31. The molecule has 2 aromatic rings. The van der Waals surface area contributed by atoms with Crippen LogP contribution in [-0.4, -0.2) is 65.8 Å². The van der Waals surface area contributed by atoms with E-state index in [1.807, 2.05) is 0 Å². The van der Waals surface area contributed by atoms with Gasteiger partial charge in [0.25, 0.3) is 0 Å². The maximum Gasteiger partial charge on any atom is 0.409 e. The molecule has 0 atom stereocenters. The van der Waals surface area contributed by atoms with Crippen LogP contribution >= 0.6 is 11.6 Å². The van der Waals surface area contributed by atoms with Crippen molar-refractivity contribution in [1.82, 2.24) is 14.9 Å². The lowest BCUT2D eigenvalue weighted by Crippen LogP contribution is -2.49. The number of nitrogens with zero attached hydrogens (tertiary/aromatic N) is 5. The lowest BCUT2D eigenvalue weighted by atomic mass is 10.2. The van der Waals surface area contributed by atoms with Crippen molar-refractivity contribution >= 4 is 40.7 Å². The quantitative estimate of drug-likeness (QED) is 0.537. The van der Waals surface area contributed by atoms with Gasteiger partial charge in [-0.2, -0.15) is 0 Å². The molecule has 3 rings (SSSR count). The van der Waals surface area contributed by atoms with Crippen LogP contribution in [0.1, 0.15) is 6.92 Å². The number of rotatable bonds is 6. The summed E-state index contributed by atoms with van der Waals surface area (Å²) in [6.45, 7) is 3.50. The van der Waals surface area contributed by atoms with Gasteiger partial charge in [-0.25, -0.2) is 14.8 Å². The van der Waals surface area contributed by atoms with Crippen LogP contribution in [-0.2, 0) is 4.74 Å². The molecule has 1 aromatic heterocycles. The number of anilines is 3.